The van der Waals surface area contributed by atoms with Crippen LogP contribution in [-0.2, 0) is 16.0 Å². The van der Waals surface area contributed by atoms with Crippen LogP contribution in [0.3, 0.4) is 0 Å². The summed E-state index contributed by atoms with van der Waals surface area (Å²) in [6.07, 6.45) is 7.91. The number of esters is 1. The zero-order valence-corrected chi connectivity index (χ0v) is 12.7. The second kappa shape index (κ2) is 5.92. The van der Waals surface area contributed by atoms with Crippen molar-refractivity contribution in [3.8, 4) is 5.75 Å². The third-order valence-electron chi connectivity index (χ3n) is 4.21. The number of fused-ring (bicyclic) bond motifs is 3. The highest BCUT2D eigenvalue weighted by molar-refractivity contribution is 5.69. The lowest BCUT2D eigenvalue weighted by molar-refractivity contribution is -0.143. The molecular formula is C18H22O3. The van der Waals surface area contributed by atoms with Crippen LogP contribution in [0.15, 0.2) is 24.3 Å². The van der Waals surface area contributed by atoms with Gasteiger partial charge in [-0.15, -0.1) is 0 Å². The van der Waals surface area contributed by atoms with E-state index in [1.54, 1.807) is 0 Å². The zero-order chi connectivity index (χ0) is 14.8. The number of carbonyl (C=O) groups is 1. The van der Waals surface area contributed by atoms with Crippen molar-refractivity contribution in [2.45, 2.75) is 51.6 Å². The zero-order valence-electron chi connectivity index (χ0n) is 12.7. The van der Waals surface area contributed by atoms with Crippen LogP contribution in [0.4, 0.5) is 0 Å². The van der Waals surface area contributed by atoms with Gasteiger partial charge in [0.15, 0.2) is 0 Å². The second-order valence-corrected chi connectivity index (χ2v) is 5.85. The van der Waals surface area contributed by atoms with E-state index < -0.39 is 0 Å². The molecule has 0 fully saturated rings. The number of aryl methyl sites for hydroxylation is 2. The van der Waals surface area contributed by atoms with Gasteiger partial charge in [0.1, 0.15) is 11.9 Å². The van der Waals surface area contributed by atoms with Crippen molar-refractivity contribution in [3.63, 3.8) is 0 Å². The van der Waals surface area contributed by atoms with Crippen LogP contribution < -0.4 is 4.74 Å². The number of carbonyl (C=O) groups excluding carboxylic acids is 1. The quantitative estimate of drug-likeness (QED) is 0.612. The fourth-order valence-electron chi connectivity index (χ4n) is 3.32. The number of hydrogen-bond acceptors (Lipinski definition) is 3. The van der Waals surface area contributed by atoms with Crippen molar-refractivity contribution in [2.24, 2.45) is 0 Å². The molecule has 1 aromatic carbocycles. The Bertz CT molecular complexity index is 574. The molecule has 0 saturated carbocycles. The lowest BCUT2D eigenvalue weighted by Gasteiger charge is -2.11. The molecule has 2 atom stereocenters. The molecular weight excluding hydrogens is 264 g/mol. The van der Waals surface area contributed by atoms with E-state index in [-0.39, 0.29) is 12.1 Å². The molecule has 0 aromatic heterocycles. The minimum atomic E-state index is -0.109. The smallest absolute Gasteiger partial charge is 0.305 e. The maximum atomic E-state index is 11.4. The van der Waals surface area contributed by atoms with Crippen LogP contribution in [0.5, 0.6) is 5.75 Å². The van der Waals surface area contributed by atoms with Gasteiger partial charge in [0.2, 0.25) is 0 Å². The molecule has 1 heterocycles. The molecule has 0 bridgehead atoms. The standard InChI is InChI=1S/C18H22O3/c1-3-20-17(19)9-4-6-13-10-12(2)11-15-14-7-5-8-16(14)21-18(13)15/h5,7,10-11,14,16H,3-4,6,8-9H2,1-2H3/t14-,16-/m1/s1. The van der Waals surface area contributed by atoms with Gasteiger partial charge in [0, 0.05) is 24.3 Å². The van der Waals surface area contributed by atoms with Gasteiger partial charge < -0.3 is 9.47 Å². The van der Waals surface area contributed by atoms with E-state index in [1.165, 1.54) is 16.7 Å². The van der Waals surface area contributed by atoms with Gasteiger partial charge in [0.25, 0.3) is 0 Å². The Morgan fingerprint density at radius 1 is 1.43 bits per heavy atom. The van der Waals surface area contributed by atoms with Gasteiger partial charge in [-0.2, -0.15) is 0 Å². The summed E-state index contributed by atoms with van der Waals surface area (Å²) in [6, 6.07) is 4.43. The van der Waals surface area contributed by atoms with E-state index in [0.29, 0.717) is 18.9 Å². The SMILES string of the molecule is CCOC(=O)CCCc1cc(C)cc2c1O[C@@H]1CC=C[C@H]21. The number of ether oxygens (including phenoxy) is 2. The van der Waals surface area contributed by atoms with E-state index in [0.717, 1.165) is 25.0 Å². The monoisotopic (exact) mass is 286 g/mol. The molecule has 0 spiro atoms. The van der Waals surface area contributed by atoms with Crippen molar-refractivity contribution in [1.29, 1.82) is 0 Å². The van der Waals surface area contributed by atoms with Gasteiger partial charge in [0.05, 0.1) is 6.61 Å². The van der Waals surface area contributed by atoms with E-state index >= 15 is 0 Å². The lowest BCUT2D eigenvalue weighted by atomic mass is 9.93. The largest absolute Gasteiger partial charge is 0.489 e. The topological polar surface area (TPSA) is 35.5 Å². The highest BCUT2D eigenvalue weighted by Crippen LogP contribution is 2.46. The Hall–Kier alpha value is -1.77. The van der Waals surface area contributed by atoms with Crippen molar-refractivity contribution < 1.29 is 14.3 Å². The van der Waals surface area contributed by atoms with Gasteiger partial charge in [-0.1, -0.05) is 29.8 Å². The number of hydrogen-bond donors (Lipinski definition) is 0. The normalized spacial score (nSPS) is 21.8. The Balaban J connectivity index is 1.72. The van der Waals surface area contributed by atoms with Gasteiger partial charge in [-0.05, 0) is 32.3 Å². The molecule has 1 aliphatic heterocycles. The molecule has 0 unspecified atom stereocenters. The van der Waals surface area contributed by atoms with Gasteiger partial charge in [-0.25, -0.2) is 0 Å². The first kappa shape index (κ1) is 14.2. The highest BCUT2D eigenvalue weighted by Gasteiger charge is 2.36. The first-order chi connectivity index (χ1) is 10.2. The molecule has 0 amide bonds. The van der Waals surface area contributed by atoms with E-state index in [4.69, 9.17) is 9.47 Å². The van der Waals surface area contributed by atoms with E-state index in [9.17, 15) is 4.79 Å². The summed E-state index contributed by atoms with van der Waals surface area (Å²) < 4.78 is 11.1. The summed E-state index contributed by atoms with van der Waals surface area (Å²) >= 11 is 0. The molecule has 21 heavy (non-hydrogen) atoms. The summed E-state index contributed by atoms with van der Waals surface area (Å²) in [5.41, 5.74) is 3.82. The number of benzene rings is 1. The van der Waals surface area contributed by atoms with E-state index in [1.807, 2.05) is 6.92 Å². The maximum Gasteiger partial charge on any atom is 0.305 e. The Morgan fingerprint density at radius 3 is 3.10 bits per heavy atom. The number of rotatable bonds is 5. The molecule has 3 nitrogen and oxygen atoms in total. The molecule has 1 aromatic rings. The van der Waals surface area contributed by atoms with Crippen molar-refractivity contribution in [1.82, 2.24) is 0 Å². The van der Waals surface area contributed by atoms with Crippen LogP contribution in [0.2, 0.25) is 0 Å². The summed E-state index contributed by atoms with van der Waals surface area (Å²) in [7, 11) is 0. The van der Waals surface area contributed by atoms with Crippen LogP contribution >= 0.6 is 0 Å². The van der Waals surface area contributed by atoms with Crippen molar-refractivity contribution in [3.05, 3.63) is 41.0 Å². The highest BCUT2D eigenvalue weighted by atomic mass is 16.5. The summed E-state index contributed by atoms with van der Waals surface area (Å²) in [4.78, 5) is 11.4. The maximum absolute atomic E-state index is 11.4. The fourth-order valence-corrected chi connectivity index (χ4v) is 3.32. The third-order valence-corrected chi connectivity index (χ3v) is 4.21. The predicted molar refractivity (Wildman–Crippen MR) is 81.7 cm³/mol. The van der Waals surface area contributed by atoms with Crippen LogP contribution in [0.25, 0.3) is 0 Å². The average molecular weight is 286 g/mol. The van der Waals surface area contributed by atoms with Gasteiger partial charge in [-0.3, -0.25) is 4.79 Å². The summed E-state index contributed by atoms with van der Waals surface area (Å²) in [5, 5.41) is 0. The molecule has 2 aliphatic rings. The van der Waals surface area contributed by atoms with E-state index in [2.05, 4.69) is 31.2 Å². The van der Waals surface area contributed by atoms with Crippen molar-refractivity contribution >= 4 is 5.97 Å². The Labute approximate surface area is 125 Å². The lowest BCUT2D eigenvalue weighted by Crippen LogP contribution is -2.12. The second-order valence-electron chi connectivity index (χ2n) is 5.85. The third kappa shape index (κ3) is 2.82. The van der Waals surface area contributed by atoms with Crippen LogP contribution in [0.1, 0.15) is 48.8 Å². The molecule has 0 saturated heterocycles. The van der Waals surface area contributed by atoms with Crippen LogP contribution in [0, 0.1) is 6.92 Å². The first-order valence-electron chi connectivity index (χ1n) is 7.81. The first-order valence-corrected chi connectivity index (χ1v) is 7.81. The Morgan fingerprint density at radius 2 is 2.29 bits per heavy atom. The average Bonchev–Trinajstić information content (AvgIpc) is 3.01. The van der Waals surface area contributed by atoms with Gasteiger partial charge >= 0.3 is 5.97 Å². The summed E-state index contributed by atoms with van der Waals surface area (Å²) in [5.74, 6) is 1.37. The minimum absolute atomic E-state index is 0.109. The molecule has 112 valence electrons. The summed E-state index contributed by atoms with van der Waals surface area (Å²) in [6.45, 7) is 4.42. The fraction of sp³-hybridized carbons (Fsp3) is 0.500. The predicted octanol–water partition coefficient (Wildman–Crippen LogP) is 3.69. The van der Waals surface area contributed by atoms with Crippen LogP contribution in [-0.4, -0.2) is 18.7 Å². The van der Waals surface area contributed by atoms with Crippen molar-refractivity contribution in [2.75, 3.05) is 6.61 Å². The molecule has 3 rings (SSSR count). The molecule has 3 heteroatoms. The minimum Gasteiger partial charge on any atom is -0.489 e. The Kier molecular flexibility index (Phi) is 4.00. The molecule has 0 N–H and O–H groups in total. The molecule has 0 radical (unpaired) electrons. The molecule has 1 aliphatic carbocycles.